The number of aliphatic imine (C=N–C) groups is 1. The van der Waals surface area contributed by atoms with E-state index in [9.17, 15) is 25.0 Å². The smallest absolute Gasteiger partial charge is 0.300 e. The van der Waals surface area contributed by atoms with Crippen LogP contribution in [0.25, 0.3) is 5.69 Å². The van der Waals surface area contributed by atoms with Gasteiger partial charge in [-0.1, -0.05) is 48.5 Å². The van der Waals surface area contributed by atoms with Gasteiger partial charge in [0.25, 0.3) is 17.3 Å². The number of hydrogen-bond acceptors (Lipinski definition) is 8. The van der Waals surface area contributed by atoms with Crippen molar-refractivity contribution < 1.29 is 14.6 Å². The number of benzene rings is 3. The van der Waals surface area contributed by atoms with Crippen LogP contribution in [0.2, 0.25) is 0 Å². The molecule has 1 aromatic heterocycles. The van der Waals surface area contributed by atoms with Crippen molar-refractivity contribution >= 4 is 28.7 Å². The molecule has 184 valence electrons. The molecule has 12 heteroatoms. The van der Waals surface area contributed by atoms with E-state index in [2.05, 4.69) is 9.98 Å². The number of aromatic nitrogens is 2. The fraction of sp³-hybridized carbons (Fsp3) is 0.0800. The SMILES string of the molecule is NC1N=C(c2ccccc2)c2ccccc2N(Cc2nccn2-c2ccc([N+](=O)[O-])cc2[N+](=O)[O-])C1=O. The highest BCUT2D eigenvalue weighted by Crippen LogP contribution is 2.31. The molecule has 1 unspecified atom stereocenters. The molecule has 2 heterocycles. The second-order valence-electron chi connectivity index (χ2n) is 8.13. The van der Waals surface area contributed by atoms with Gasteiger partial charge in [0.15, 0.2) is 6.17 Å². The lowest BCUT2D eigenvalue weighted by molar-refractivity contribution is -0.394. The van der Waals surface area contributed by atoms with Gasteiger partial charge in [-0.25, -0.2) is 4.98 Å². The fourth-order valence-electron chi connectivity index (χ4n) is 4.23. The Kier molecular flexibility index (Phi) is 5.99. The van der Waals surface area contributed by atoms with Gasteiger partial charge in [0.2, 0.25) is 0 Å². The minimum absolute atomic E-state index is 0.0733. The number of nitro benzene ring substituents is 2. The van der Waals surface area contributed by atoms with Crippen LogP contribution in [0.5, 0.6) is 0 Å². The monoisotopic (exact) mass is 497 g/mol. The number of hydrogen-bond donors (Lipinski definition) is 1. The average Bonchev–Trinajstić information content (AvgIpc) is 3.34. The van der Waals surface area contributed by atoms with Gasteiger partial charge in [-0.15, -0.1) is 0 Å². The number of rotatable bonds is 6. The first-order chi connectivity index (χ1) is 17.8. The molecule has 1 aliphatic rings. The Bertz CT molecular complexity index is 1560. The highest BCUT2D eigenvalue weighted by atomic mass is 16.6. The van der Waals surface area contributed by atoms with Crippen LogP contribution < -0.4 is 10.6 Å². The highest BCUT2D eigenvalue weighted by Gasteiger charge is 2.31. The van der Waals surface area contributed by atoms with E-state index in [0.29, 0.717) is 17.0 Å². The first kappa shape index (κ1) is 23.5. The Morgan fingerprint density at radius 1 is 0.919 bits per heavy atom. The van der Waals surface area contributed by atoms with Crippen molar-refractivity contribution in [1.82, 2.24) is 9.55 Å². The predicted molar refractivity (Wildman–Crippen MR) is 135 cm³/mol. The van der Waals surface area contributed by atoms with Gasteiger partial charge in [-0.3, -0.25) is 34.6 Å². The lowest BCUT2D eigenvalue weighted by Crippen LogP contribution is -2.42. The van der Waals surface area contributed by atoms with Gasteiger partial charge < -0.3 is 10.6 Å². The summed E-state index contributed by atoms with van der Waals surface area (Å²) in [4.78, 5) is 45.2. The maximum Gasteiger partial charge on any atom is 0.300 e. The number of amides is 1. The Hall–Kier alpha value is -5.23. The number of fused-ring (bicyclic) bond motifs is 1. The molecule has 5 rings (SSSR count). The molecule has 0 saturated carbocycles. The molecule has 2 N–H and O–H groups in total. The van der Waals surface area contributed by atoms with E-state index in [1.807, 2.05) is 42.5 Å². The van der Waals surface area contributed by atoms with Crippen LogP contribution >= 0.6 is 0 Å². The maximum atomic E-state index is 13.4. The first-order valence-corrected chi connectivity index (χ1v) is 11.1. The summed E-state index contributed by atoms with van der Waals surface area (Å²) in [6.07, 6.45) is 1.73. The molecule has 0 spiro atoms. The molecule has 12 nitrogen and oxygen atoms in total. The maximum absolute atomic E-state index is 13.4. The van der Waals surface area contributed by atoms with Crippen molar-refractivity contribution in [3.05, 3.63) is 122 Å². The zero-order valence-electron chi connectivity index (χ0n) is 19.2. The van der Waals surface area contributed by atoms with E-state index < -0.39 is 33.3 Å². The summed E-state index contributed by atoms with van der Waals surface area (Å²) < 4.78 is 1.42. The van der Waals surface area contributed by atoms with E-state index in [1.165, 1.54) is 34.0 Å². The second kappa shape index (κ2) is 9.43. The number of imidazole rings is 1. The summed E-state index contributed by atoms with van der Waals surface area (Å²) in [5.74, 6) is -0.193. The third kappa shape index (κ3) is 4.32. The van der Waals surface area contributed by atoms with Crippen molar-refractivity contribution in [2.75, 3.05) is 4.90 Å². The number of nitrogens with two attached hydrogens (primary N) is 1. The van der Waals surface area contributed by atoms with Crippen LogP contribution in [0.15, 0.2) is 90.2 Å². The minimum Gasteiger partial charge on any atom is -0.302 e. The second-order valence-corrected chi connectivity index (χ2v) is 8.13. The number of non-ortho nitro benzene ring substituents is 1. The normalized spacial score (nSPS) is 15.1. The number of carbonyl (C=O) groups is 1. The summed E-state index contributed by atoms with van der Waals surface area (Å²) in [6.45, 7) is -0.0811. The van der Waals surface area contributed by atoms with Gasteiger partial charge in [0.1, 0.15) is 11.5 Å². The number of nitrogens with zero attached hydrogens (tertiary/aromatic N) is 6. The Labute approximate surface area is 209 Å². The molecular formula is C25H19N7O5. The average molecular weight is 497 g/mol. The summed E-state index contributed by atoms with van der Waals surface area (Å²) in [5, 5.41) is 22.9. The Morgan fingerprint density at radius 2 is 1.65 bits per heavy atom. The molecule has 0 saturated heterocycles. The molecule has 37 heavy (non-hydrogen) atoms. The number of nitro groups is 2. The lowest BCUT2D eigenvalue weighted by Gasteiger charge is -2.24. The van der Waals surface area contributed by atoms with Crippen LogP contribution in [-0.4, -0.2) is 37.2 Å². The van der Waals surface area contributed by atoms with E-state index >= 15 is 0 Å². The van der Waals surface area contributed by atoms with Crippen LogP contribution in [-0.2, 0) is 11.3 Å². The summed E-state index contributed by atoms with van der Waals surface area (Å²) in [6, 6.07) is 19.9. The van der Waals surface area contributed by atoms with Gasteiger partial charge >= 0.3 is 0 Å². The van der Waals surface area contributed by atoms with Crippen molar-refractivity contribution in [3.63, 3.8) is 0 Å². The summed E-state index contributed by atoms with van der Waals surface area (Å²) >= 11 is 0. The van der Waals surface area contributed by atoms with E-state index in [1.54, 1.807) is 12.1 Å². The topological polar surface area (TPSA) is 163 Å². The van der Waals surface area contributed by atoms with Gasteiger partial charge in [-0.05, 0) is 12.1 Å². The van der Waals surface area contributed by atoms with Gasteiger partial charge in [0.05, 0.1) is 33.9 Å². The lowest BCUT2D eigenvalue weighted by atomic mass is 10.0. The first-order valence-electron chi connectivity index (χ1n) is 11.1. The molecule has 1 amide bonds. The Balaban J connectivity index is 1.59. The predicted octanol–water partition coefficient (Wildman–Crippen LogP) is 3.36. The fourth-order valence-corrected chi connectivity index (χ4v) is 4.23. The number of carbonyl (C=O) groups excluding carboxylic acids is 1. The Morgan fingerprint density at radius 3 is 2.38 bits per heavy atom. The highest BCUT2D eigenvalue weighted by molar-refractivity contribution is 6.20. The number of benzodiazepines with no additional fused rings is 1. The molecule has 4 aromatic rings. The van der Waals surface area contributed by atoms with Crippen LogP contribution in [0, 0.1) is 20.2 Å². The van der Waals surface area contributed by atoms with Crippen molar-refractivity contribution in [2.45, 2.75) is 12.7 Å². The zero-order chi connectivity index (χ0) is 26.1. The van der Waals surface area contributed by atoms with Crippen LogP contribution in [0.4, 0.5) is 17.1 Å². The largest absolute Gasteiger partial charge is 0.302 e. The van der Waals surface area contributed by atoms with E-state index in [0.717, 1.165) is 11.6 Å². The van der Waals surface area contributed by atoms with Crippen LogP contribution in [0.1, 0.15) is 17.0 Å². The molecule has 3 aromatic carbocycles. The molecule has 0 radical (unpaired) electrons. The zero-order valence-corrected chi connectivity index (χ0v) is 19.2. The molecule has 0 aliphatic carbocycles. The van der Waals surface area contributed by atoms with E-state index in [-0.39, 0.29) is 18.1 Å². The molecule has 0 bridgehead atoms. The molecule has 1 aliphatic heterocycles. The minimum atomic E-state index is -1.19. The quantitative estimate of drug-likeness (QED) is 0.315. The van der Waals surface area contributed by atoms with Crippen molar-refractivity contribution in [1.29, 1.82) is 0 Å². The molecular weight excluding hydrogens is 478 g/mol. The summed E-state index contributed by atoms with van der Waals surface area (Å²) in [5.41, 5.74) is 7.99. The van der Waals surface area contributed by atoms with Crippen molar-refractivity contribution in [2.24, 2.45) is 10.7 Å². The number of para-hydroxylation sites is 1. The van der Waals surface area contributed by atoms with Gasteiger partial charge in [0, 0.05) is 29.6 Å². The molecule has 0 fully saturated rings. The summed E-state index contributed by atoms with van der Waals surface area (Å²) in [7, 11) is 0. The third-order valence-corrected chi connectivity index (χ3v) is 5.93. The standard InChI is InChI=1S/C25H19N7O5/c26-24-25(33)30(19-9-5-4-8-18(19)23(28-24)16-6-2-1-3-7-16)15-22-27-12-13-29(22)20-11-10-17(31(34)35)14-21(20)32(36)37/h1-14,24H,15,26H2. The number of anilines is 1. The third-order valence-electron chi connectivity index (χ3n) is 5.93. The van der Waals surface area contributed by atoms with Gasteiger partial charge in [-0.2, -0.15) is 0 Å². The van der Waals surface area contributed by atoms with E-state index in [4.69, 9.17) is 5.73 Å². The molecule has 1 atom stereocenters. The van der Waals surface area contributed by atoms with Crippen LogP contribution in [0.3, 0.4) is 0 Å². The van der Waals surface area contributed by atoms with Crippen molar-refractivity contribution in [3.8, 4) is 5.69 Å².